The molecule has 0 spiro atoms. The summed E-state index contributed by atoms with van der Waals surface area (Å²) in [5, 5.41) is 16.3. The molecular weight excluding hydrogens is 320 g/mol. The van der Waals surface area contributed by atoms with Crippen LogP contribution in [0.25, 0.3) is 0 Å². The first kappa shape index (κ1) is 15.6. The largest absolute Gasteiger partial charge is 0.481 e. The number of aromatic nitrogens is 3. The molecule has 0 aliphatic carbocycles. The molecule has 3 rings (SSSR count). The SMILES string of the molecule is O=C(O)[C@@H]1CCCN(C(=O)c2ccc(CSc3ncn[nH]3)o2)C1. The molecule has 1 atom stereocenters. The number of hydrogen-bond acceptors (Lipinski definition) is 6. The minimum atomic E-state index is -0.855. The molecule has 1 aliphatic rings. The van der Waals surface area contributed by atoms with E-state index in [2.05, 4.69) is 15.2 Å². The van der Waals surface area contributed by atoms with Crippen molar-refractivity contribution in [2.24, 2.45) is 5.92 Å². The minimum absolute atomic E-state index is 0.233. The Morgan fingerprint density at radius 3 is 3.09 bits per heavy atom. The molecule has 0 radical (unpaired) electrons. The van der Waals surface area contributed by atoms with Crippen molar-refractivity contribution in [3.05, 3.63) is 30.0 Å². The van der Waals surface area contributed by atoms with E-state index in [1.165, 1.54) is 18.1 Å². The maximum Gasteiger partial charge on any atom is 0.308 e. The third-order valence-electron chi connectivity index (χ3n) is 3.67. The summed E-state index contributed by atoms with van der Waals surface area (Å²) in [6.45, 7) is 0.794. The normalized spacial score (nSPS) is 18.1. The number of hydrogen-bond donors (Lipinski definition) is 2. The molecule has 3 heterocycles. The van der Waals surface area contributed by atoms with Crippen molar-refractivity contribution >= 4 is 23.6 Å². The minimum Gasteiger partial charge on any atom is -0.481 e. The van der Waals surface area contributed by atoms with Gasteiger partial charge in [0.25, 0.3) is 5.91 Å². The Hall–Kier alpha value is -2.29. The zero-order chi connectivity index (χ0) is 16.2. The Kier molecular flexibility index (Phi) is 4.65. The van der Waals surface area contributed by atoms with Gasteiger partial charge in [-0.2, -0.15) is 5.10 Å². The number of likely N-dealkylation sites (tertiary alicyclic amines) is 1. The number of nitrogens with zero attached hydrogens (tertiary/aromatic N) is 3. The first-order valence-electron chi connectivity index (χ1n) is 7.22. The van der Waals surface area contributed by atoms with Crippen molar-refractivity contribution in [2.75, 3.05) is 13.1 Å². The van der Waals surface area contributed by atoms with Crippen LogP contribution in [0, 0.1) is 5.92 Å². The zero-order valence-electron chi connectivity index (χ0n) is 12.3. The number of nitrogens with one attached hydrogen (secondary N) is 1. The van der Waals surface area contributed by atoms with Gasteiger partial charge in [0.05, 0.1) is 11.7 Å². The fraction of sp³-hybridized carbons (Fsp3) is 0.429. The van der Waals surface area contributed by atoms with E-state index in [1.54, 1.807) is 17.0 Å². The number of H-pyrrole nitrogens is 1. The third-order valence-corrected chi connectivity index (χ3v) is 4.57. The summed E-state index contributed by atoms with van der Waals surface area (Å²) in [7, 11) is 0. The van der Waals surface area contributed by atoms with Gasteiger partial charge in [-0.1, -0.05) is 11.8 Å². The zero-order valence-corrected chi connectivity index (χ0v) is 13.1. The number of furan rings is 1. The van der Waals surface area contributed by atoms with Gasteiger partial charge in [0, 0.05) is 13.1 Å². The van der Waals surface area contributed by atoms with E-state index in [4.69, 9.17) is 9.52 Å². The van der Waals surface area contributed by atoms with Crippen molar-refractivity contribution in [1.82, 2.24) is 20.1 Å². The number of piperidine rings is 1. The molecule has 1 fully saturated rings. The maximum atomic E-state index is 12.4. The molecule has 2 aromatic rings. The molecule has 0 unspecified atom stereocenters. The number of aliphatic carboxylic acids is 1. The summed E-state index contributed by atoms with van der Waals surface area (Å²) in [5.41, 5.74) is 0. The number of carbonyl (C=O) groups excluding carboxylic acids is 1. The van der Waals surface area contributed by atoms with E-state index < -0.39 is 11.9 Å². The van der Waals surface area contributed by atoms with Gasteiger partial charge in [-0.05, 0) is 25.0 Å². The summed E-state index contributed by atoms with van der Waals surface area (Å²) in [5.74, 6) is -0.187. The summed E-state index contributed by atoms with van der Waals surface area (Å²) in [4.78, 5) is 29.0. The molecule has 1 saturated heterocycles. The highest BCUT2D eigenvalue weighted by Crippen LogP contribution is 2.23. The number of rotatable bonds is 5. The lowest BCUT2D eigenvalue weighted by atomic mass is 9.98. The Bertz CT molecular complexity index is 685. The van der Waals surface area contributed by atoms with Crippen LogP contribution < -0.4 is 0 Å². The second kappa shape index (κ2) is 6.86. The molecular formula is C14H16N4O4S. The van der Waals surface area contributed by atoms with Gasteiger partial charge in [0.1, 0.15) is 12.1 Å². The van der Waals surface area contributed by atoms with Crippen molar-refractivity contribution in [3.8, 4) is 0 Å². The fourth-order valence-electron chi connectivity index (χ4n) is 2.49. The quantitative estimate of drug-likeness (QED) is 0.798. The smallest absolute Gasteiger partial charge is 0.308 e. The molecule has 23 heavy (non-hydrogen) atoms. The number of carbonyl (C=O) groups is 2. The number of thioether (sulfide) groups is 1. The van der Waals surface area contributed by atoms with Gasteiger partial charge in [0.2, 0.25) is 0 Å². The van der Waals surface area contributed by atoms with Crippen LogP contribution in [0.15, 0.2) is 28.0 Å². The summed E-state index contributed by atoms with van der Waals surface area (Å²) in [6.07, 6.45) is 2.72. The topological polar surface area (TPSA) is 112 Å². The van der Waals surface area contributed by atoms with Gasteiger partial charge in [0.15, 0.2) is 10.9 Å². The first-order valence-corrected chi connectivity index (χ1v) is 8.21. The van der Waals surface area contributed by atoms with Gasteiger partial charge in [-0.25, -0.2) is 4.98 Å². The van der Waals surface area contributed by atoms with Crippen molar-refractivity contribution in [2.45, 2.75) is 23.8 Å². The lowest BCUT2D eigenvalue weighted by Crippen LogP contribution is -2.42. The van der Waals surface area contributed by atoms with Crippen LogP contribution in [0.3, 0.4) is 0 Å². The molecule has 0 aromatic carbocycles. The van der Waals surface area contributed by atoms with Crippen LogP contribution in [-0.4, -0.2) is 50.2 Å². The number of carboxylic acids is 1. The lowest BCUT2D eigenvalue weighted by Gasteiger charge is -2.29. The van der Waals surface area contributed by atoms with Crippen LogP contribution in [0.5, 0.6) is 0 Å². The average Bonchev–Trinajstić information content (AvgIpc) is 3.24. The van der Waals surface area contributed by atoms with E-state index in [-0.39, 0.29) is 18.2 Å². The Labute approximate surface area is 136 Å². The van der Waals surface area contributed by atoms with Crippen LogP contribution >= 0.6 is 11.8 Å². The van der Waals surface area contributed by atoms with Gasteiger partial charge in [-0.15, -0.1) is 0 Å². The molecule has 0 bridgehead atoms. The lowest BCUT2D eigenvalue weighted by molar-refractivity contribution is -0.143. The molecule has 2 aromatic heterocycles. The molecule has 9 heteroatoms. The van der Waals surface area contributed by atoms with Crippen LogP contribution in [0.2, 0.25) is 0 Å². The standard InChI is InChI=1S/C14H16N4O4S/c19-12(18-5-1-2-9(6-18)13(20)21)11-4-3-10(22-11)7-23-14-15-8-16-17-14/h3-4,8-9H,1-2,5-7H2,(H,20,21)(H,15,16,17)/t9-/m1/s1. The number of aromatic amines is 1. The van der Waals surface area contributed by atoms with E-state index in [0.29, 0.717) is 36.1 Å². The van der Waals surface area contributed by atoms with Crippen LogP contribution in [-0.2, 0) is 10.5 Å². The van der Waals surface area contributed by atoms with Gasteiger partial charge >= 0.3 is 5.97 Å². The Balaban J connectivity index is 1.60. The van der Waals surface area contributed by atoms with Crippen LogP contribution in [0.4, 0.5) is 0 Å². The molecule has 1 aliphatic heterocycles. The van der Waals surface area contributed by atoms with E-state index in [1.807, 2.05) is 0 Å². The number of amides is 1. The van der Waals surface area contributed by atoms with E-state index in [0.717, 1.165) is 0 Å². The molecule has 122 valence electrons. The average molecular weight is 336 g/mol. The molecule has 0 saturated carbocycles. The van der Waals surface area contributed by atoms with Gasteiger partial charge < -0.3 is 14.4 Å². The molecule has 1 amide bonds. The van der Waals surface area contributed by atoms with Crippen molar-refractivity contribution in [3.63, 3.8) is 0 Å². The summed E-state index contributed by atoms with van der Waals surface area (Å²) >= 11 is 1.42. The third kappa shape index (κ3) is 3.73. The summed E-state index contributed by atoms with van der Waals surface area (Å²) < 4.78 is 5.57. The molecule has 2 N–H and O–H groups in total. The van der Waals surface area contributed by atoms with E-state index in [9.17, 15) is 9.59 Å². The highest BCUT2D eigenvalue weighted by molar-refractivity contribution is 7.98. The predicted octanol–water partition coefficient (Wildman–Crippen LogP) is 1.63. The molecule has 8 nitrogen and oxygen atoms in total. The Morgan fingerprint density at radius 2 is 2.35 bits per heavy atom. The predicted molar refractivity (Wildman–Crippen MR) is 80.9 cm³/mol. The second-order valence-corrected chi connectivity index (χ2v) is 6.24. The van der Waals surface area contributed by atoms with E-state index >= 15 is 0 Å². The first-order chi connectivity index (χ1) is 11.1. The van der Waals surface area contributed by atoms with Crippen molar-refractivity contribution < 1.29 is 19.1 Å². The second-order valence-electron chi connectivity index (χ2n) is 5.27. The van der Waals surface area contributed by atoms with Gasteiger partial charge in [-0.3, -0.25) is 14.7 Å². The Morgan fingerprint density at radius 1 is 1.48 bits per heavy atom. The fourth-order valence-corrected chi connectivity index (χ4v) is 3.17. The maximum absolute atomic E-state index is 12.4. The summed E-state index contributed by atoms with van der Waals surface area (Å²) in [6, 6.07) is 3.37. The number of carboxylic acid groups (broad SMARTS) is 1. The highest BCUT2D eigenvalue weighted by Gasteiger charge is 2.29. The highest BCUT2D eigenvalue weighted by atomic mass is 32.2. The van der Waals surface area contributed by atoms with Crippen molar-refractivity contribution in [1.29, 1.82) is 0 Å². The van der Waals surface area contributed by atoms with Crippen LogP contribution in [0.1, 0.15) is 29.2 Å². The monoisotopic (exact) mass is 336 g/mol.